The van der Waals surface area contributed by atoms with Gasteiger partial charge in [0, 0.05) is 0 Å². The van der Waals surface area contributed by atoms with Gasteiger partial charge in [0.15, 0.2) is 0 Å². The van der Waals surface area contributed by atoms with Gasteiger partial charge in [-0.3, -0.25) is 10.1 Å². The first-order chi connectivity index (χ1) is 7.70. The van der Waals surface area contributed by atoms with Crippen LogP contribution in [0, 0.1) is 10.1 Å². The molecule has 0 fully saturated rings. The highest BCUT2D eigenvalue weighted by Crippen LogP contribution is 2.16. The van der Waals surface area contributed by atoms with Gasteiger partial charge < -0.3 is 4.74 Å². The molecule has 0 saturated heterocycles. The first-order valence-corrected chi connectivity index (χ1v) is 4.54. The highest BCUT2D eigenvalue weighted by atomic mass is 16.6. The molecule has 0 spiro atoms. The van der Waals surface area contributed by atoms with Crippen molar-refractivity contribution in [3.63, 3.8) is 0 Å². The number of nitrogens with zero attached hydrogens (tertiary/aromatic N) is 3. The molecule has 0 radical (unpaired) electrons. The van der Waals surface area contributed by atoms with Gasteiger partial charge >= 0.3 is 5.69 Å². The van der Waals surface area contributed by atoms with Crippen LogP contribution in [0.2, 0.25) is 0 Å². The minimum Gasteiger partial charge on any atom is -0.497 e. The van der Waals surface area contributed by atoms with Gasteiger partial charge in [-0.05, 0) is 24.3 Å². The van der Waals surface area contributed by atoms with E-state index >= 15 is 0 Å². The van der Waals surface area contributed by atoms with Crippen molar-refractivity contribution in [3.05, 3.63) is 46.8 Å². The van der Waals surface area contributed by atoms with Crippen molar-refractivity contribution in [2.75, 3.05) is 7.11 Å². The largest absolute Gasteiger partial charge is 0.497 e. The van der Waals surface area contributed by atoms with Crippen LogP contribution in [-0.2, 0) is 0 Å². The van der Waals surface area contributed by atoms with Crippen LogP contribution in [0.3, 0.4) is 0 Å². The van der Waals surface area contributed by atoms with Crippen LogP contribution < -0.4 is 4.74 Å². The highest BCUT2D eigenvalue weighted by Gasteiger charge is 2.09. The molecule has 1 aromatic heterocycles. The molecule has 6 heteroatoms. The number of aromatic nitrogens is 2. The van der Waals surface area contributed by atoms with E-state index in [-0.39, 0.29) is 5.69 Å². The first-order valence-electron chi connectivity index (χ1n) is 4.54. The van der Waals surface area contributed by atoms with Crippen LogP contribution in [0.5, 0.6) is 5.75 Å². The summed E-state index contributed by atoms with van der Waals surface area (Å²) in [6.45, 7) is 0. The Balaban J connectivity index is 2.31. The number of hydrogen-bond acceptors (Lipinski definition) is 4. The molecule has 1 aromatic carbocycles. The lowest BCUT2D eigenvalue weighted by molar-refractivity contribution is -0.384. The smallest absolute Gasteiger partial charge is 0.307 e. The molecule has 6 nitrogen and oxygen atoms in total. The van der Waals surface area contributed by atoms with Crippen LogP contribution in [0.1, 0.15) is 0 Å². The van der Waals surface area contributed by atoms with Crippen molar-refractivity contribution in [2.45, 2.75) is 0 Å². The molecule has 0 amide bonds. The predicted molar refractivity (Wildman–Crippen MR) is 56.8 cm³/mol. The van der Waals surface area contributed by atoms with Crippen LogP contribution in [0.4, 0.5) is 5.69 Å². The predicted octanol–water partition coefficient (Wildman–Crippen LogP) is 1.79. The third kappa shape index (κ3) is 1.85. The van der Waals surface area contributed by atoms with E-state index in [0.717, 1.165) is 11.4 Å². The van der Waals surface area contributed by atoms with E-state index in [1.165, 1.54) is 17.1 Å². The molecule has 0 atom stereocenters. The quantitative estimate of drug-likeness (QED) is 0.582. The Bertz CT molecular complexity index is 504. The van der Waals surface area contributed by atoms with E-state index in [1.807, 2.05) is 0 Å². The van der Waals surface area contributed by atoms with Gasteiger partial charge in [-0.1, -0.05) is 0 Å². The molecule has 0 aliphatic carbocycles. The van der Waals surface area contributed by atoms with Gasteiger partial charge in [0.1, 0.15) is 18.1 Å². The second kappa shape index (κ2) is 4.01. The zero-order valence-electron chi connectivity index (χ0n) is 8.53. The van der Waals surface area contributed by atoms with Crippen molar-refractivity contribution >= 4 is 5.69 Å². The number of hydrogen-bond donors (Lipinski definition) is 0. The van der Waals surface area contributed by atoms with Crippen LogP contribution in [-0.4, -0.2) is 21.8 Å². The van der Waals surface area contributed by atoms with E-state index in [1.54, 1.807) is 31.4 Å². The monoisotopic (exact) mass is 219 g/mol. The third-order valence-electron chi connectivity index (χ3n) is 2.12. The molecule has 1 heterocycles. The number of methoxy groups -OCH3 is 1. The highest BCUT2D eigenvalue weighted by molar-refractivity contribution is 5.38. The Kier molecular flexibility index (Phi) is 2.55. The number of ether oxygens (including phenoxy) is 1. The van der Waals surface area contributed by atoms with Gasteiger partial charge in [-0.25, -0.2) is 4.68 Å². The maximum atomic E-state index is 10.5. The summed E-state index contributed by atoms with van der Waals surface area (Å²) in [5.41, 5.74) is 0.713. The van der Waals surface area contributed by atoms with Gasteiger partial charge in [0.05, 0.1) is 17.7 Å². The lowest BCUT2D eigenvalue weighted by Gasteiger charge is -2.02. The van der Waals surface area contributed by atoms with Gasteiger partial charge in [-0.2, -0.15) is 5.10 Å². The standard InChI is InChI=1S/C10H9N3O3/c1-16-10-4-2-8(3-5-10)12-7-9(6-11-12)13(14)15/h2-7H,1H3. The summed E-state index contributed by atoms with van der Waals surface area (Å²) >= 11 is 0. The summed E-state index contributed by atoms with van der Waals surface area (Å²) in [6.07, 6.45) is 2.58. The van der Waals surface area contributed by atoms with E-state index in [4.69, 9.17) is 4.74 Å². The summed E-state index contributed by atoms with van der Waals surface area (Å²) in [5.74, 6) is 0.727. The molecule has 2 rings (SSSR count). The SMILES string of the molecule is COc1ccc(-n2cc([N+](=O)[O-])cn2)cc1. The van der Waals surface area contributed by atoms with Crippen molar-refractivity contribution in [3.8, 4) is 11.4 Å². The Morgan fingerprint density at radius 3 is 2.56 bits per heavy atom. The van der Waals surface area contributed by atoms with Crippen molar-refractivity contribution in [1.82, 2.24) is 9.78 Å². The lowest BCUT2D eigenvalue weighted by atomic mass is 10.3. The van der Waals surface area contributed by atoms with Gasteiger partial charge in [0.25, 0.3) is 0 Å². The van der Waals surface area contributed by atoms with Crippen molar-refractivity contribution in [2.24, 2.45) is 0 Å². The fraction of sp³-hybridized carbons (Fsp3) is 0.100. The summed E-state index contributed by atoms with van der Waals surface area (Å²) in [6, 6.07) is 7.08. The number of rotatable bonds is 3. The second-order valence-electron chi connectivity index (χ2n) is 3.10. The summed E-state index contributed by atoms with van der Waals surface area (Å²) in [7, 11) is 1.58. The zero-order valence-corrected chi connectivity index (χ0v) is 8.53. The fourth-order valence-corrected chi connectivity index (χ4v) is 1.28. The second-order valence-corrected chi connectivity index (χ2v) is 3.10. The van der Waals surface area contributed by atoms with Crippen LogP contribution >= 0.6 is 0 Å². The molecule has 82 valence electrons. The van der Waals surface area contributed by atoms with Gasteiger partial charge in [0.2, 0.25) is 0 Å². The molecule has 16 heavy (non-hydrogen) atoms. The first kappa shape index (κ1) is 10.2. The van der Waals surface area contributed by atoms with Crippen LogP contribution in [0.25, 0.3) is 5.69 Å². The molecular weight excluding hydrogens is 210 g/mol. The average molecular weight is 219 g/mol. The number of nitro groups is 1. The normalized spacial score (nSPS) is 10.1. The Hall–Kier alpha value is -2.37. The zero-order chi connectivity index (χ0) is 11.5. The van der Waals surface area contributed by atoms with E-state index < -0.39 is 4.92 Å². The molecule has 0 bridgehead atoms. The molecule has 0 saturated carbocycles. The van der Waals surface area contributed by atoms with E-state index in [9.17, 15) is 10.1 Å². The topological polar surface area (TPSA) is 70.2 Å². The summed E-state index contributed by atoms with van der Waals surface area (Å²) in [5, 5.41) is 14.4. The third-order valence-corrected chi connectivity index (χ3v) is 2.12. The molecule has 0 aliphatic heterocycles. The van der Waals surface area contributed by atoms with Gasteiger partial charge in [-0.15, -0.1) is 0 Å². The Morgan fingerprint density at radius 1 is 1.38 bits per heavy atom. The molecule has 0 aliphatic rings. The summed E-state index contributed by atoms with van der Waals surface area (Å²) < 4.78 is 6.45. The molecule has 0 N–H and O–H groups in total. The Morgan fingerprint density at radius 2 is 2.06 bits per heavy atom. The van der Waals surface area contributed by atoms with E-state index in [0.29, 0.717) is 0 Å². The fourth-order valence-electron chi connectivity index (χ4n) is 1.28. The minimum atomic E-state index is -0.479. The Labute approximate surface area is 91.2 Å². The van der Waals surface area contributed by atoms with Crippen molar-refractivity contribution in [1.29, 1.82) is 0 Å². The maximum absolute atomic E-state index is 10.5. The maximum Gasteiger partial charge on any atom is 0.307 e. The molecular formula is C10H9N3O3. The lowest BCUT2D eigenvalue weighted by Crippen LogP contribution is -1.94. The summed E-state index contributed by atoms with van der Waals surface area (Å²) in [4.78, 5) is 10.00. The minimum absolute atomic E-state index is 0.0316. The average Bonchev–Trinajstić information content (AvgIpc) is 2.78. The van der Waals surface area contributed by atoms with E-state index in [2.05, 4.69) is 5.10 Å². The van der Waals surface area contributed by atoms with Crippen molar-refractivity contribution < 1.29 is 9.66 Å². The van der Waals surface area contributed by atoms with Crippen LogP contribution in [0.15, 0.2) is 36.7 Å². The molecule has 0 unspecified atom stereocenters. The molecule has 2 aromatic rings. The number of benzene rings is 1.